The smallest absolute Gasteiger partial charge is 0.156 e. The van der Waals surface area contributed by atoms with E-state index in [1.54, 1.807) is 11.3 Å². The number of thiazole rings is 1. The van der Waals surface area contributed by atoms with E-state index in [0.717, 1.165) is 35.7 Å². The van der Waals surface area contributed by atoms with Crippen LogP contribution in [0.5, 0.6) is 0 Å². The monoisotopic (exact) mass is 272 g/mol. The second kappa shape index (κ2) is 5.63. The van der Waals surface area contributed by atoms with Gasteiger partial charge in [0.25, 0.3) is 0 Å². The molecule has 1 N–H and O–H groups in total. The molecular weight excluding hydrogens is 256 g/mol. The summed E-state index contributed by atoms with van der Waals surface area (Å²) in [6, 6.07) is 10.1. The Morgan fingerprint density at radius 2 is 2.21 bits per heavy atom. The summed E-state index contributed by atoms with van der Waals surface area (Å²) in [5.74, 6) is 0.270. The van der Waals surface area contributed by atoms with Crippen LogP contribution in [-0.4, -0.2) is 23.4 Å². The largest absolute Gasteiger partial charge is 0.307 e. The first kappa shape index (κ1) is 12.5. The third kappa shape index (κ3) is 2.91. The first-order valence-electron chi connectivity index (χ1n) is 6.59. The van der Waals surface area contributed by atoms with Crippen molar-refractivity contribution in [3.63, 3.8) is 0 Å². The Labute approximate surface area is 116 Å². The molecule has 98 valence electrons. The summed E-state index contributed by atoms with van der Waals surface area (Å²) in [5.41, 5.74) is 2.07. The minimum absolute atomic E-state index is 0.0454. The fourth-order valence-corrected chi connectivity index (χ4v) is 3.18. The second-order valence-electron chi connectivity index (χ2n) is 4.78. The van der Waals surface area contributed by atoms with Crippen LogP contribution in [-0.2, 0) is 11.2 Å². The van der Waals surface area contributed by atoms with Crippen LogP contribution in [0.3, 0.4) is 0 Å². The van der Waals surface area contributed by atoms with Gasteiger partial charge in [-0.25, -0.2) is 4.98 Å². The molecule has 4 heteroatoms. The number of aromatic nitrogens is 1. The van der Waals surface area contributed by atoms with Gasteiger partial charge in [-0.1, -0.05) is 30.3 Å². The fourth-order valence-electron chi connectivity index (χ4n) is 2.37. The van der Waals surface area contributed by atoms with E-state index >= 15 is 0 Å². The molecule has 2 aromatic rings. The van der Waals surface area contributed by atoms with Crippen LogP contribution in [0.1, 0.15) is 17.8 Å². The number of ketones is 1. The minimum atomic E-state index is 0.0454. The van der Waals surface area contributed by atoms with Crippen molar-refractivity contribution < 1.29 is 4.79 Å². The number of benzene rings is 1. The summed E-state index contributed by atoms with van der Waals surface area (Å²) in [5, 5.41) is 6.18. The number of nitrogens with one attached hydrogen (secondary N) is 1. The molecule has 0 spiro atoms. The standard InChI is InChI=1S/C15H16N2OS/c18-14(12-7-4-8-16-12)9-15-17-13(10-19-15)11-5-2-1-3-6-11/h1-3,5-6,10,12,16H,4,7-9H2. The first-order chi connectivity index (χ1) is 9.33. The van der Waals surface area contributed by atoms with Crippen molar-refractivity contribution in [3.05, 3.63) is 40.7 Å². The van der Waals surface area contributed by atoms with Gasteiger partial charge in [-0.3, -0.25) is 4.79 Å². The molecule has 3 rings (SSSR count). The molecule has 0 aliphatic carbocycles. The van der Waals surface area contributed by atoms with Crippen LogP contribution in [0, 0.1) is 0 Å². The molecule has 0 saturated carbocycles. The molecule has 1 aromatic carbocycles. The van der Waals surface area contributed by atoms with E-state index in [0.29, 0.717) is 6.42 Å². The molecular formula is C15H16N2OS. The number of rotatable bonds is 4. The average Bonchev–Trinajstić information content (AvgIpc) is 3.11. The Morgan fingerprint density at radius 1 is 1.37 bits per heavy atom. The van der Waals surface area contributed by atoms with Gasteiger partial charge in [-0.2, -0.15) is 0 Å². The maximum absolute atomic E-state index is 12.1. The lowest BCUT2D eigenvalue weighted by atomic mass is 10.1. The number of hydrogen-bond acceptors (Lipinski definition) is 4. The molecule has 1 atom stereocenters. The van der Waals surface area contributed by atoms with Crippen LogP contribution < -0.4 is 5.32 Å². The Balaban J connectivity index is 1.70. The predicted octanol–water partition coefficient (Wildman–Crippen LogP) is 2.67. The zero-order valence-corrected chi connectivity index (χ0v) is 11.5. The van der Waals surface area contributed by atoms with Crippen LogP contribution in [0.15, 0.2) is 35.7 Å². The molecule has 1 unspecified atom stereocenters. The summed E-state index contributed by atoms with van der Waals surface area (Å²) < 4.78 is 0. The summed E-state index contributed by atoms with van der Waals surface area (Å²) in [6.45, 7) is 0.962. The summed E-state index contributed by atoms with van der Waals surface area (Å²) >= 11 is 1.57. The first-order valence-corrected chi connectivity index (χ1v) is 7.47. The van der Waals surface area contributed by atoms with Gasteiger partial charge in [-0.05, 0) is 19.4 Å². The third-order valence-corrected chi connectivity index (χ3v) is 4.24. The van der Waals surface area contributed by atoms with E-state index in [2.05, 4.69) is 10.3 Å². The summed E-state index contributed by atoms with van der Waals surface area (Å²) in [6.07, 6.45) is 2.52. The SMILES string of the molecule is O=C(Cc1nc(-c2ccccc2)cs1)C1CCCN1. The van der Waals surface area contributed by atoms with Crippen LogP contribution in [0.2, 0.25) is 0 Å². The fraction of sp³-hybridized carbons (Fsp3) is 0.333. The van der Waals surface area contributed by atoms with Crippen molar-refractivity contribution in [2.75, 3.05) is 6.54 Å². The van der Waals surface area contributed by atoms with E-state index in [4.69, 9.17) is 0 Å². The summed E-state index contributed by atoms with van der Waals surface area (Å²) in [7, 11) is 0. The third-order valence-electron chi connectivity index (χ3n) is 3.40. The molecule has 0 radical (unpaired) electrons. The Bertz CT molecular complexity index is 559. The number of nitrogens with zero attached hydrogens (tertiary/aromatic N) is 1. The zero-order chi connectivity index (χ0) is 13.1. The number of Topliss-reactive ketones (excluding diaryl/α,β-unsaturated/α-hetero) is 1. The maximum atomic E-state index is 12.1. The molecule has 1 fully saturated rings. The van der Waals surface area contributed by atoms with Crippen molar-refractivity contribution >= 4 is 17.1 Å². The highest BCUT2D eigenvalue weighted by atomic mass is 32.1. The van der Waals surface area contributed by atoms with Gasteiger partial charge in [0.15, 0.2) is 5.78 Å². The van der Waals surface area contributed by atoms with Gasteiger partial charge in [0.05, 0.1) is 18.2 Å². The normalized spacial score (nSPS) is 18.6. The quantitative estimate of drug-likeness (QED) is 0.930. The average molecular weight is 272 g/mol. The second-order valence-corrected chi connectivity index (χ2v) is 5.73. The van der Waals surface area contributed by atoms with Crippen molar-refractivity contribution in [2.45, 2.75) is 25.3 Å². The van der Waals surface area contributed by atoms with Crippen molar-refractivity contribution in [1.29, 1.82) is 0 Å². The van der Waals surface area contributed by atoms with E-state index < -0.39 is 0 Å². The molecule has 1 aliphatic heterocycles. The lowest BCUT2D eigenvalue weighted by molar-refractivity contribution is -0.120. The maximum Gasteiger partial charge on any atom is 0.156 e. The Kier molecular flexibility index (Phi) is 3.71. The van der Waals surface area contributed by atoms with Gasteiger partial charge in [-0.15, -0.1) is 11.3 Å². The van der Waals surface area contributed by atoms with Gasteiger partial charge < -0.3 is 5.32 Å². The van der Waals surface area contributed by atoms with Crippen LogP contribution in [0.25, 0.3) is 11.3 Å². The zero-order valence-electron chi connectivity index (χ0n) is 10.6. The molecule has 1 aliphatic rings. The Hall–Kier alpha value is -1.52. The summed E-state index contributed by atoms with van der Waals surface area (Å²) in [4.78, 5) is 16.6. The molecule has 19 heavy (non-hydrogen) atoms. The number of hydrogen-bond donors (Lipinski definition) is 1. The topological polar surface area (TPSA) is 42.0 Å². The molecule has 0 amide bonds. The van der Waals surface area contributed by atoms with Gasteiger partial charge in [0.2, 0.25) is 0 Å². The van der Waals surface area contributed by atoms with Crippen molar-refractivity contribution in [3.8, 4) is 11.3 Å². The van der Waals surface area contributed by atoms with E-state index in [1.807, 2.05) is 35.7 Å². The highest BCUT2D eigenvalue weighted by Gasteiger charge is 2.22. The van der Waals surface area contributed by atoms with Crippen molar-refractivity contribution in [1.82, 2.24) is 10.3 Å². The molecule has 3 nitrogen and oxygen atoms in total. The van der Waals surface area contributed by atoms with Crippen LogP contribution in [0.4, 0.5) is 0 Å². The lowest BCUT2D eigenvalue weighted by Crippen LogP contribution is -2.31. The van der Waals surface area contributed by atoms with Crippen LogP contribution >= 0.6 is 11.3 Å². The van der Waals surface area contributed by atoms with Gasteiger partial charge >= 0.3 is 0 Å². The van der Waals surface area contributed by atoms with Gasteiger partial charge in [0, 0.05) is 10.9 Å². The molecule has 1 saturated heterocycles. The highest BCUT2D eigenvalue weighted by molar-refractivity contribution is 7.10. The number of carbonyl (C=O) groups excluding carboxylic acids is 1. The van der Waals surface area contributed by atoms with E-state index in [1.165, 1.54) is 0 Å². The van der Waals surface area contributed by atoms with E-state index in [9.17, 15) is 4.79 Å². The molecule has 2 heterocycles. The lowest BCUT2D eigenvalue weighted by Gasteiger charge is -2.06. The molecule has 0 bridgehead atoms. The highest BCUT2D eigenvalue weighted by Crippen LogP contribution is 2.22. The van der Waals surface area contributed by atoms with Gasteiger partial charge in [0.1, 0.15) is 5.01 Å². The van der Waals surface area contributed by atoms with E-state index in [-0.39, 0.29) is 11.8 Å². The van der Waals surface area contributed by atoms with Crippen molar-refractivity contribution in [2.24, 2.45) is 0 Å². The Morgan fingerprint density at radius 3 is 2.95 bits per heavy atom. The minimum Gasteiger partial charge on any atom is -0.307 e. The number of carbonyl (C=O) groups is 1. The predicted molar refractivity (Wildman–Crippen MR) is 77.3 cm³/mol. The molecule has 1 aromatic heterocycles.